The molecule has 0 bridgehead atoms. The lowest BCUT2D eigenvalue weighted by Gasteiger charge is -2.12. The third-order valence-corrected chi connectivity index (χ3v) is 6.95. The lowest BCUT2D eigenvalue weighted by atomic mass is 10.1. The van der Waals surface area contributed by atoms with Gasteiger partial charge in [0, 0.05) is 39.9 Å². The highest BCUT2D eigenvalue weighted by Gasteiger charge is 2.16. The van der Waals surface area contributed by atoms with Gasteiger partial charge in [0.2, 0.25) is 0 Å². The van der Waals surface area contributed by atoms with E-state index >= 15 is 0 Å². The van der Waals surface area contributed by atoms with Gasteiger partial charge in [-0.25, -0.2) is 0 Å². The zero-order valence-electron chi connectivity index (χ0n) is 20.3. The van der Waals surface area contributed by atoms with Crippen molar-refractivity contribution >= 4 is 38.8 Å². The molecule has 6 aromatic rings. The molecule has 0 saturated heterocycles. The van der Waals surface area contributed by atoms with Crippen LogP contribution in [0.2, 0.25) is 0 Å². The fourth-order valence-corrected chi connectivity index (χ4v) is 5.24. The van der Waals surface area contributed by atoms with E-state index in [1.807, 2.05) is 24.3 Å². The second-order valence-electron chi connectivity index (χ2n) is 9.38. The van der Waals surface area contributed by atoms with E-state index in [0.717, 1.165) is 84.2 Å². The largest absolute Gasteiger partial charge is 0.358 e. The minimum Gasteiger partial charge on any atom is -0.358 e. The Morgan fingerprint density at radius 3 is 2.70 bits per heavy atom. The van der Waals surface area contributed by atoms with E-state index in [-0.39, 0.29) is 5.13 Å². The van der Waals surface area contributed by atoms with Crippen LogP contribution in [-0.4, -0.2) is 30.1 Å². The Kier molecular flexibility index (Phi) is 5.77. The molecular formula is C28H24FN7S. The van der Waals surface area contributed by atoms with E-state index in [4.69, 9.17) is 0 Å². The second kappa shape index (κ2) is 9.25. The Morgan fingerprint density at radius 2 is 1.89 bits per heavy atom. The number of thiophene rings is 1. The Labute approximate surface area is 216 Å². The normalized spacial score (nSPS) is 11.6. The fraction of sp³-hybridized carbons (Fsp3) is 0.143. The molecule has 3 N–H and O–H groups in total. The summed E-state index contributed by atoms with van der Waals surface area (Å²) in [5, 5.41) is 12.6. The Balaban J connectivity index is 1.38. The van der Waals surface area contributed by atoms with Crippen LogP contribution >= 0.6 is 11.3 Å². The van der Waals surface area contributed by atoms with Crippen LogP contribution in [0.4, 0.5) is 10.1 Å². The lowest BCUT2D eigenvalue weighted by Crippen LogP contribution is -2.02. The topological polar surface area (TPSA) is 95.2 Å². The minimum absolute atomic E-state index is 0.235. The molecule has 6 rings (SSSR count). The number of halogens is 1. The number of allylic oxidation sites excluding steroid dienone is 1. The molecule has 7 nitrogen and oxygen atoms in total. The maximum atomic E-state index is 13.7. The van der Waals surface area contributed by atoms with Gasteiger partial charge in [0.15, 0.2) is 5.13 Å². The summed E-state index contributed by atoms with van der Waals surface area (Å²) in [6.07, 6.45) is 7.97. The van der Waals surface area contributed by atoms with Gasteiger partial charge in [-0.3, -0.25) is 20.1 Å². The predicted octanol–water partition coefficient (Wildman–Crippen LogP) is 7.40. The van der Waals surface area contributed by atoms with Crippen LogP contribution < -0.4 is 5.32 Å². The van der Waals surface area contributed by atoms with Crippen molar-refractivity contribution in [1.82, 2.24) is 30.1 Å². The molecule has 0 aliphatic heterocycles. The number of fused-ring (bicyclic) bond motifs is 2. The number of aromatic nitrogens is 6. The molecule has 6 heterocycles. The first-order chi connectivity index (χ1) is 17.9. The van der Waals surface area contributed by atoms with Crippen LogP contribution in [0.1, 0.15) is 20.3 Å². The first kappa shape index (κ1) is 23.1. The van der Waals surface area contributed by atoms with E-state index < -0.39 is 0 Å². The van der Waals surface area contributed by atoms with Crippen molar-refractivity contribution in [2.45, 2.75) is 20.3 Å². The first-order valence-corrected chi connectivity index (χ1v) is 12.7. The van der Waals surface area contributed by atoms with Gasteiger partial charge in [-0.1, -0.05) is 20.4 Å². The van der Waals surface area contributed by atoms with Gasteiger partial charge in [0.05, 0.1) is 45.6 Å². The highest BCUT2D eigenvalue weighted by Crippen LogP contribution is 2.35. The number of nitrogens with one attached hydrogen (secondary N) is 3. The summed E-state index contributed by atoms with van der Waals surface area (Å²) in [4.78, 5) is 17.8. The Bertz CT molecular complexity index is 1760. The summed E-state index contributed by atoms with van der Waals surface area (Å²) in [6, 6.07) is 11.2. The van der Waals surface area contributed by atoms with Gasteiger partial charge in [-0.2, -0.15) is 9.49 Å². The van der Waals surface area contributed by atoms with Gasteiger partial charge in [0.25, 0.3) is 0 Å². The van der Waals surface area contributed by atoms with Crippen molar-refractivity contribution in [2.24, 2.45) is 5.92 Å². The van der Waals surface area contributed by atoms with E-state index in [1.54, 1.807) is 30.9 Å². The predicted molar refractivity (Wildman–Crippen MR) is 148 cm³/mol. The number of anilines is 1. The number of hydrogen-bond donors (Lipinski definition) is 3. The molecule has 37 heavy (non-hydrogen) atoms. The molecule has 184 valence electrons. The van der Waals surface area contributed by atoms with Gasteiger partial charge >= 0.3 is 0 Å². The number of pyridine rings is 3. The Morgan fingerprint density at radius 1 is 1.03 bits per heavy atom. The molecule has 0 amide bonds. The smallest absolute Gasteiger partial charge is 0.177 e. The van der Waals surface area contributed by atoms with Gasteiger partial charge in [-0.15, -0.1) is 11.3 Å². The molecular weight excluding hydrogens is 485 g/mol. The average molecular weight is 510 g/mol. The van der Waals surface area contributed by atoms with E-state index in [9.17, 15) is 4.39 Å². The monoisotopic (exact) mass is 509 g/mol. The van der Waals surface area contributed by atoms with Crippen molar-refractivity contribution < 1.29 is 4.39 Å². The van der Waals surface area contributed by atoms with Crippen LogP contribution in [0.3, 0.4) is 0 Å². The lowest BCUT2D eigenvalue weighted by molar-refractivity contribution is 0.645. The van der Waals surface area contributed by atoms with Crippen LogP contribution in [0.15, 0.2) is 73.5 Å². The Hall–Kier alpha value is -4.37. The van der Waals surface area contributed by atoms with E-state index in [0.29, 0.717) is 5.92 Å². The quantitative estimate of drug-likeness (QED) is 0.208. The zero-order chi connectivity index (χ0) is 25.5. The maximum absolute atomic E-state index is 13.7. The van der Waals surface area contributed by atoms with E-state index in [2.05, 4.69) is 55.9 Å². The van der Waals surface area contributed by atoms with E-state index in [1.165, 1.54) is 6.07 Å². The molecule has 9 heteroatoms. The third-order valence-electron chi connectivity index (χ3n) is 6.07. The first-order valence-electron chi connectivity index (χ1n) is 11.9. The summed E-state index contributed by atoms with van der Waals surface area (Å²) in [7, 11) is 0. The van der Waals surface area contributed by atoms with Gasteiger partial charge in [-0.05, 0) is 48.7 Å². The second-order valence-corrected chi connectivity index (χ2v) is 10.4. The molecule has 0 unspecified atom stereocenters. The number of hydrogen-bond acceptors (Lipinski definition) is 6. The van der Waals surface area contributed by atoms with Crippen molar-refractivity contribution in [3.8, 4) is 33.2 Å². The molecule has 6 aromatic heterocycles. The molecule has 0 atom stereocenters. The highest BCUT2D eigenvalue weighted by molar-refractivity contribution is 7.13. The number of nitrogens with zero attached hydrogens (tertiary/aromatic N) is 4. The molecule has 0 saturated carbocycles. The summed E-state index contributed by atoms with van der Waals surface area (Å²) in [5.74, 6) is 0.516. The van der Waals surface area contributed by atoms with Crippen molar-refractivity contribution in [3.63, 3.8) is 0 Å². The molecule has 0 spiro atoms. The fourth-order valence-electron chi connectivity index (χ4n) is 4.50. The van der Waals surface area contributed by atoms with Gasteiger partial charge in [0.1, 0.15) is 5.69 Å². The summed E-state index contributed by atoms with van der Waals surface area (Å²) < 4.78 is 13.7. The van der Waals surface area contributed by atoms with Crippen molar-refractivity contribution in [1.29, 1.82) is 0 Å². The highest BCUT2D eigenvalue weighted by atomic mass is 32.1. The summed E-state index contributed by atoms with van der Waals surface area (Å²) in [5.41, 5.74) is 7.57. The third kappa shape index (κ3) is 4.49. The number of H-pyrrole nitrogens is 2. The maximum Gasteiger partial charge on any atom is 0.177 e. The van der Waals surface area contributed by atoms with Crippen LogP contribution in [0.25, 0.3) is 55.0 Å². The average Bonchev–Trinajstić information content (AvgIpc) is 3.60. The SMILES string of the molecule is C=C(CC(C)C)Nc1cncc(-c2cc3c(-c4cc5c(-c6ccc(F)s6)nccc5[nH]4)n[nH]c3cn2)c1. The molecule has 0 radical (unpaired) electrons. The van der Waals surface area contributed by atoms with Crippen LogP contribution in [0.5, 0.6) is 0 Å². The molecule has 0 fully saturated rings. The minimum atomic E-state index is -0.235. The van der Waals surface area contributed by atoms with Gasteiger partial charge < -0.3 is 10.3 Å². The molecule has 0 aromatic carbocycles. The van der Waals surface area contributed by atoms with Crippen LogP contribution in [-0.2, 0) is 0 Å². The number of rotatable bonds is 7. The van der Waals surface area contributed by atoms with Crippen molar-refractivity contribution in [2.75, 3.05) is 5.32 Å². The molecule has 0 aliphatic carbocycles. The standard InChI is InChI=1S/C28H24FN7S/c1-15(2)8-16(3)33-18-9-17(12-30-13-18)22-10-20-24(14-32-22)35-36-27(20)23-11-19-21(34-23)6-7-31-28(19)25-4-5-26(29)37-25/h4-7,9-15,33-34H,3,8H2,1-2H3,(H,35,36). The molecule has 0 aliphatic rings. The summed E-state index contributed by atoms with van der Waals surface area (Å²) in [6.45, 7) is 8.45. The summed E-state index contributed by atoms with van der Waals surface area (Å²) >= 11 is 1.08. The van der Waals surface area contributed by atoms with Crippen molar-refractivity contribution in [3.05, 3.63) is 78.6 Å². The van der Waals surface area contributed by atoms with Crippen LogP contribution in [0, 0.1) is 11.0 Å². The zero-order valence-corrected chi connectivity index (χ0v) is 21.2. The number of aromatic amines is 2.